The quantitative estimate of drug-likeness (QED) is 0.254. The second kappa shape index (κ2) is 12.2. The van der Waals surface area contributed by atoms with Gasteiger partial charge in [-0.05, 0) is 73.2 Å². The van der Waals surface area contributed by atoms with Gasteiger partial charge in [-0.25, -0.2) is 9.78 Å². The molecule has 4 aromatic rings. The summed E-state index contributed by atoms with van der Waals surface area (Å²) in [5.41, 5.74) is 2.04. The summed E-state index contributed by atoms with van der Waals surface area (Å²) in [4.78, 5) is 30.0. The highest BCUT2D eigenvalue weighted by Gasteiger charge is 2.26. The van der Waals surface area contributed by atoms with Crippen molar-refractivity contribution in [1.82, 2.24) is 9.88 Å². The van der Waals surface area contributed by atoms with E-state index in [0.29, 0.717) is 33.7 Å². The number of carboxylic acids is 1. The third-order valence-electron chi connectivity index (χ3n) is 5.64. The molecular weight excluding hydrogens is 512 g/mol. The number of benzene rings is 3. The highest BCUT2D eigenvalue weighted by Crippen LogP contribution is 2.27. The van der Waals surface area contributed by atoms with Gasteiger partial charge in [0.15, 0.2) is 0 Å². The first kappa shape index (κ1) is 26.6. The number of hydrogen-bond donors (Lipinski definition) is 1. The highest BCUT2D eigenvalue weighted by atomic mass is 35.5. The van der Waals surface area contributed by atoms with E-state index in [1.54, 1.807) is 67.6 Å². The van der Waals surface area contributed by atoms with Gasteiger partial charge in [-0.1, -0.05) is 23.7 Å². The largest absolute Gasteiger partial charge is 0.497 e. The molecule has 1 amide bonds. The predicted molar refractivity (Wildman–Crippen MR) is 139 cm³/mol. The van der Waals surface area contributed by atoms with Crippen LogP contribution in [0.15, 0.2) is 83.5 Å². The van der Waals surface area contributed by atoms with Gasteiger partial charge < -0.3 is 23.7 Å². The first-order valence-electron chi connectivity index (χ1n) is 11.6. The van der Waals surface area contributed by atoms with Crippen molar-refractivity contribution in [3.63, 3.8) is 0 Å². The molecule has 1 aromatic heterocycles. The molecule has 0 unspecified atom stereocenters. The van der Waals surface area contributed by atoms with Crippen LogP contribution in [0.25, 0.3) is 11.5 Å². The zero-order valence-electron chi connectivity index (χ0n) is 20.7. The number of rotatable bonds is 10. The molecule has 9 nitrogen and oxygen atoms in total. The van der Waals surface area contributed by atoms with Crippen LogP contribution < -0.4 is 14.2 Å². The number of hydrogen-bond acceptors (Lipinski definition) is 7. The topological polar surface area (TPSA) is 111 Å². The summed E-state index contributed by atoms with van der Waals surface area (Å²) in [6.07, 6.45) is 0.717. The molecule has 1 heterocycles. The van der Waals surface area contributed by atoms with Gasteiger partial charge in [0, 0.05) is 10.6 Å². The fourth-order valence-corrected chi connectivity index (χ4v) is 3.73. The zero-order chi connectivity index (χ0) is 27.1. The summed E-state index contributed by atoms with van der Waals surface area (Å²) < 4.78 is 21.9. The molecule has 0 aliphatic heterocycles. The Morgan fingerprint density at radius 2 is 1.74 bits per heavy atom. The van der Waals surface area contributed by atoms with E-state index in [2.05, 4.69) is 4.98 Å². The third kappa shape index (κ3) is 6.83. The minimum absolute atomic E-state index is 0.146. The van der Waals surface area contributed by atoms with Crippen molar-refractivity contribution in [1.29, 1.82) is 0 Å². The Hall–Kier alpha value is -4.50. The second-order valence-corrected chi connectivity index (χ2v) is 8.69. The molecule has 10 heteroatoms. The van der Waals surface area contributed by atoms with Gasteiger partial charge in [0.1, 0.15) is 42.4 Å². The van der Waals surface area contributed by atoms with Crippen LogP contribution in [0, 0.1) is 0 Å². The number of halogens is 1. The number of oxazole rings is 1. The Labute approximate surface area is 224 Å². The Bertz CT molecular complexity index is 1390. The number of nitrogens with zero attached hydrogens (tertiary/aromatic N) is 2. The Morgan fingerprint density at radius 3 is 2.42 bits per heavy atom. The maximum absolute atomic E-state index is 12.9. The number of carbonyl (C=O) groups is 2. The van der Waals surface area contributed by atoms with E-state index in [0.717, 1.165) is 10.5 Å². The fraction of sp³-hybridized carbons (Fsp3) is 0.179. The molecule has 38 heavy (non-hydrogen) atoms. The van der Waals surface area contributed by atoms with Gasteiger partial charge in [0.2, 0.25) is 5.89 Å². The van der Waals surface area contributed by atoms with Gasteiger partial charge in [-0.15, -0.1) is 0 Å². The summed E-state index contributed by atoms with van der Waals surface area (Å²) >= 11 is 5.93. The maximum atomic E-state index is 12.9. The molecular formula is C28H25ClN2O7. The van der Waals surface area contributed by atoms with E-state index < -0.39 is 24.6 Å². The summed E-state index contributed by atoms with van der Waals surface area (Å²) in [7, 11) is 1.53. The molecule has 0 radical (unpaired) electrons. The van der Waals surface area contributed by atoms with Gasteiger partial charge >= 0.3 is 12.1 Å². The first-order valence-corrected chi connectivity index (χ1v) is 12.0. The Morgan fingerprint density at radius 1 is 1.03 bits per heavy atom. The standard InChI is InChI=1S/C28H25ClN2O7/c1-18(31(15-26(32)33)28(34)38-24-12-10-23(35-2)11-13-24)20-4-3-5-25(14-20)36-16-22-17-37-27(30-22)19-6-8-21(29)9-7-19/h3-14,17-18H,15-16H2,1-2H3,(H,32,33)/t18-/m0/s1. The molecule has 0 saturated carbocycles. The lowest BCUT2D eigenvalue weighted by Crippen LogP contribution is -2.39. The Kier molecular flexibility index (Phi) is 8.50. The number of aliphatic carboxylic acids is 1. The average molecular weight is 537 g/mol. The van der Waals surface area contributed by atoms with Gasteiger partial charge in [-0.3, -0.25) is 9.69 Å². The maximum Gasteiger partial charge on any atom is 0.416 e. The normalized spacial score (nSPS) is 11.4. The molecule has 0 aliphatic rings. The summed E-state index contributed by atoms with van der Waals surface area (Å²) in [6, 6.07) is 20.0. The lowest BCUT2D eigenvalue weighted by Gasteiger charge is -2.27. The van der Waals surface area contributed by atoms with Crippen molar-refractivity contribution in [3.05, 3.63) is 95.3 Å². The number of methoxy groups -OCH3 is 1. The van der Waals surface area contributed by atoms with E-state index in [4.69, 9.17) is 30.2 Å². The van der Waals surface area contributed by atoms with Crippen LogP contribution in [0.2, 0.25) is 5.02 Å². The van der Waals surface area contributed by atoms with Crippen LogP contribution in [-0.4, -0.2) is 40.7 Å². The smallest absolute Gasteiger partial charge is 0.416 e. The molecule has 0 aliphatic carbocycles. The number of ether oxygens (including phenoxy) is 3. The lowest BCUT2D eigenvalue weighted by atomic mass is 10.1. The summed E-state index contributed by atoms with van der Waals surface area (Å²) in [6.45, 7) is 1.31. The minimum atomic E-state index is -1.17. The second-order valence-electron chi connectivity index (χ2n) is 8.25. The molecule has 1 atom stereocenters. The van der Waals surface area contributed by atoms with Gasteiger partial charge in [0.25, 0.3) is 0 Å². The van der Waals surface area contributed by atoms with E-state index >= 15 is 0 Å². The minimum Gasteiger partial charge on any atom is -0.497 e. The predicted octanol–water partition coefficient (Wildman–Crippen LogP) is 6.23. The van der Waals surface area contributed by atoms with Crippen molar-refractivity contribution in [3.8, 4) is 28.7 Å². The molecule has 196 valence electrons. The summed E-state index contributed by atoms with van der Waals surface area (Å²) in [5.74, 6) is 0.662. The summed E-state index contributed by atoms with van der Waals surface area (Å²) in [5, 5.41) is 10.0. The molecule has 0 spiro atoms. The lowest BCUT2D eigenvalue weighted by molar-refractivity contribution is -0.138. The fourth-order valence-electron chi connectivity index (χ4n) is 3.61. The van der Waals surface area contributed by atoms with Crippen LogP contribution in [0.1, 0.15) is 24.2 Å². The van der Waals surface area contributed by atoms with Crippen LogP contribution in [0.5, 0.6) is 17.2 Å². The molecule has 0 bridgehead atoms. The van der Waals surface area contributed by atoms with Crippen LogP contribution >= 0.6 is 11.6 Å². The molecule has 1 N–H and O–H groups in total. The number of amides is 1. The van der Waals surface area contributed by atoms with Crippen molar-refractivity contribution in [2.75, 3.05) is 13.7 Å². The van der Waals surface area contributed by atoms with E-state index in [9.17, 15) is 14.7 Å². The third-order valence-corrected chi connectivity index (χ3v) is 5.89. The monoisotopic (exact) mass is 536 g/mol. The van der Waals surface area contributed by atoms with Crippen LogP contribution in [0.4, 0.5) is 4.79 Å². The highest BCUT2D eigenvalue weighted by molar-refractivity contribution is 6.30. The number of carbonyl (C=O) groups excluding carboxylic acids is 1. The molecule has 4 rings (SSSR count). The Balaban J connectivity index is 1.43. The van der Waals surface area contributed by atoms with E-state index in [1.165, 1.54) is 13.4 Å². The van der Waals surface area contributed by atoms with Crippen molar-refractivity contribution >= 4 is 23.7 Å². The van der Waals surface area contributed by atoms with Gasteiger partial charge in [0.05, 0.1) is 13.2 Å². The van der Waals surface area contributed by atoms with Crippen LogP contribution in [-0.2, 0) is 11.4 Å². The molecule has 0 saturated heterocycles. The zero-order valence-corrected chi connectivity index (χ0v) is 21.4. The van der Waals surface area contributed by atoms with Crippen molar-refractivity contribution in [2.24, 2.45) is 0 Å². The van der Waals surface area contributed by atoms with Gasteiger partial charge in [-0.2, -0.15) is 0 Å². The average Bonchev–Trinajstić information content (AvgIpc) is 3.40. The first-order chi connectivity index (χ1) is 18.3. The molecule has 0 fully saturated rings. The number of aromatic nitrogens is 1. The molecule has 3 aromatic carbocycles. The van der Waals surface area contributed by atoms with Crippen molar-refractivity contribution in [2.45, 2.75) is 19.6 Å². The van der Waals surface area contributed by atoms with E-state index in [1.807, 2.05) is 12.1 Å². The number of carboxylic acid groups (broad SMARTS) is 1. The van der Waals surface area contributed by atoms with Crippen LogP contribution in [0.3, 0.4) is 0 Å². The van der Waals surface area contributed by atoms with E-state index in [-0.39, 0.29) is 12.4 Å². The van der Waals surface area contributed by atoms with Crippen molar-refractivity contribution < 1.29 is 33.3 Å². The SMILES string of the molecule is COc1ccc(OC(=O)N(CC(=O)O)[C@@H](C)c2cccc(OCc3coc(-c4ccc(Cl)cc4)n3)c2)cc1.